The summed E-state index contributed by atoms with van der Waals surface area (Å²) in [6.07, 6.45) is 1.60. The van der Waals surface area contributed by atoms with Crippen LogP contribution in [0.1, 0.15) is 42.5 Å². The summed E-state index contributed by atoms with van der Waals surface area (Å²) in [7, 11) is 0. The lowest BCUT2D eigenvalue weighted by Gasteiger charge is -2.25. The molecule has 3 aliphatic carbocycles. The number of nitrogens with one attached hydrogen (secondary N) is 2. The first-order valence-corrected chi connectivity index (χ1v) is 12.4. The van der Waals surface area contributed by atoms with Crippen molar-refractivity contribution in [3.05, 3.63) is 75.2 Å². The Kier molecular flexibility index (Phi) is 5.77. The van der Waals surface area contributed by atoms with E-state index in [1.807, 2.05) is 0 Å². The second-order valence-electron chi connectivity index (χ2n) is 10.3. The summed E-state index contributed by atoms with van der Waals surface area (Å²) in [6.45, 7) is -1.37. The number of anilines is 1. The average molecular weight is 530 g/mol. The van der Waals surface area contributed by atoms with Gasteiger partial charge >= 0.3 is 6.18 Å². The first-order valence-electron chi connectivity index (χ1n) is 12.4. The van der Waals surface area contributed by atoms with E-state index < -0.39 is 35.7 Å². The molecule has 6 rings (SSSR count). The summed E-state index contributed by atoms with van der Waals surface area (Å²) in [5.41, 5.74) is 0.715. The highest BCUT2D eigenvalue weighted by Crippen LogP contribution is 2.55. The van der Waals surface area contributed by atoms with Gasteiger partial charge in [0.1, 0.15) is 29.6 Å². The number of alkyl halides is 3. The van der Waals surface area contributed by atoms with Crippen LogP contribution in [0.15, 0.2) is 52.6 Å². The smallest absolute Gasteiger partial charge is 0.361 e. The van der Waals surface area contributed by atoms with Crippen LogP contribution in [0.3, 0.4) is 0 Å². The number of nitrogens with zero attached hydrogens (tertiary/aromatic N) is 2. The number of allylic oxidation sites excluding steroid dienone is 2. The van der Waals surface area contributed by atoms with Gasteiger partial charge in [-0.1, -0.05) is 0 Å². The number of hydrogen-bond acceptors (Lipinski definition) is 4. The molecule has 2 fully saturated rings. The predicted octanol–water partition coefficient (Wildman–Crippen LogP) is 5.46. The number of halogens is 5. The Labute approximate surface area is 213 Å². The van der Waals surface area contributed by atoms with Gasteiger partial charge in [0.15, 0.2) is 5.65 Å². The molecule has 0 spiro atoms. The standard InChI is InChI=1S/C27H23F5N4O2/c28-15-2-5-22(20(29)10-15)36-11-19(24(37)17-4-6-23(35-25(17)36)33-12-27(30,31)32)26(38)34-21-9-13-7-14-1-3-16(21)18(14)8-13/h2,4-6,10-11,13-14,18H,1,3,7-9,12H2,(H,33,35)(H,34,38). The molecule has 3 atom stereocenters. The maximum absolute atomic E-state index is 14.8. The Morgan fingerprint density at radius 2 is 1.95 bits per heavy atom. The van der Waals surface area contributed by atoms with Crippen LogP contribution in [-0.4, -0.2) is 28.2 Å². The van der Waals surface area contributed by atoms with Crippen LogP contribution in [0.2, 0.25) is 0 Å². The molecule has 2 heterocycles. The molecule has 3 aromatic rings. The van der Waals surface area contributed by atoms with Crippen molar-refractivity contribution in [1.29, 1.82) is 0 Å². The van der Waals surface area contributed by atoms with Gasteiger partial charge in [0, 0.05) is 18.0 Å². The molecule has 3 aliphatic rings. The van der Waals surface area contributed by atoms with Gasteiger partial charge in [-0.05, 0) is 79.7 Å². The van der Waals surface area contributed by atoms with Crippen molar-refractivity contribution >= 4 is 22.8 Å². The lowest BCUT2D eigenvalue weighted by Crippen LogP contribution is -2.32. The van der Waals surface area contributed by atoms with Gasteiger partial charge in [-0.2, -0.15) is 13.2 Å². The summed E-state index contributed by atoms with van der Waals surface area (Å²) in [4.78, 5) is 30.9. The number of aromatic nitrogens is 2. The largest absolute Gasteiger partial charge is 0.405 e. The van der Waals surface area contributed by atoms with Gasteiger partial charge in [-0.3, -0.25) is 14.2 Å². The predicted molar refractivity (Wildman–Crippen MR) is 130 cm³/mol. The van der Waals surface area contributed by atoms with E-state index >= 15 is 0 Å². The molecule has 6 nitrogen and oxygen atoms in total. The van der Waals surface area contributed by atoms with Crippen LogP contribution in [0.4, 0.5) is 27.8 Å². The normalized spacial score (nSPS) is 22.3. The topological polar surface area (TPSA) is 76.0 Å². The molecule has 0 aliphatic heterocycles. The summed E-state index contributed by atoms with van der Waals surface area (Å²) >= 11 is 0. The zero-order valence-electron chi connectivity index (χ0n) is 20.0. The lowest BCUT2D eigenvalue weighted by molar-refractivity contribution is -0.115. The third kappa shape index (κ3) is 4.33. The van der Waals surface area contributed by atoms with E-state index in [0.29, 0.717) is 23.8 Å². The molecule has 0 saturated heterocycles. The van der Waals surface area contributed by atoms with Crippen LogP contribution < -0.4 is 16.1 Å². The molecule has 38 heavy (non-hydrogen) atoms. The first kappa shape index (κ1) is 24.6. The molecule has 198 valence electrons. The number of fused-ring (bicyclic) bond motifs is 2. The molecule has 2 aromatic heterocycles. The summed E-state index contributed by atoms with van der Waals surface area (Å²) in [6, 6.07) is 5.16. The number of rotatable bonds is 5. The van der Waals surface area contributed by atoms with E-state index in [1.54, 1.807) is 0 Å². The minimum absolute atomic E-state index is 0.0961. The number of carbonyl (C=O) groups is 1. The first-order chi connectivity index (χ1) is 18.1. The van der Waals surface area contributed by atoms with E-state index in [1.165, 1.54) is 17.7 Å². The van der Waals surface area contributed by atoms with Gasteiger partial charge in [0.05, 0.1) is 11.1 Å². The molecule has 3 unspecified atom stereocenters. The molecule has 2 N–H and O–H groups in total. The Morgan fingerprint density at radius 1 is 1.13 bits per heavy atom. The van der Waals surface area contributed by atoms with Crippen molar-refractivity contribution in [2.24, 2.45) is 17.8 Å². The fraction of sp³-hybridized carbons (Fsp3) is 0.370. The van der Waals surface area contributed by atoms with E-state index in [-0.39, 0.29) is 28.1 Å². The fourth-order valence-corrected chi connectivity index (χ4v) is 6.32. The highest BCUT2D eigenvalue weighted by Gasteiger charge is 2.45. The van der Waals surface area contributed by atoms with E-state index in [9.17, 15) is 31.5 Å². The van der Waals surface area contributed by atoms with Crippen molar-refractivity contribution in [3.63, 3.8) is 0 Å². The van der Waals surface area contributed by atoms with E-state index in [0.717, 1.165) is 60.7 Å². The minimum atomic E-state index is -4.52. The Balaban J connectivity index is 1.44. The molecule has 2 bridgehead atoms. The van der Waals surface area contributed by atoms with Crippen molar-refractivity contribution in [3.8, 4) is 5.69 Å². The lowest BCUT2D eigenvalue weighted by atomic mass is 9.86. The number of amides is 1. The Morgan fingerprint density at radius 3 is 2.71 bits per heavy atom. The molecular formula is C27H23F5N4O2. The fourth-order valence-electron chi connectivity index (χ4n) is 6.32. The van der Waals surface area contributed by atoms with Gasteiger partial charge in [0.2, 0.25) is 5.43 Å². The SMILES string of the molecule is O=C(NC1=C2CCC3CC(C1)CC23)c1cn(-c2ccc(F)cc2F)c2nc(NCC(F)(F)F)ccc2c1=O. The number of carbonyl (C=O) groups excluding carboxylic acids is 1. The number of pyridine rings is 2. The molecule has 0 radical (unpaired) electrons. The molecular weight excluding hydrogens is 507 g/mol. The molecule has 2 saturated carbocycles. The average Bonchev–Trinajstić information content (AvgIpc) is 3.40. The van der Waals surface area contributed by atoms with Crippen LogP contribution in [-0.2, 0) is 0 Å². The molecule has 1 amide bonds. The van der Waals surface area contributed by atoms with Crippen LogP contribution in [0, 0.1) is 29.4 Å². The second kappa shape index (κ2) is 8.92. The van der Waals surface area contributed by atoms with Crippen molar-refractivity contribution in [2.75, 3.05) is 11.9 Å². The quantitative estimate of drug-likeness (QED) is 0.430. The van der Waals surface area contributed by atoms with Crippen molar-refractivity contribution in [2.45, 2.75) is 38.3 Å². The summed E-state index contributed by atoms with van der Waals surface area (Å²) in [5.74, 6) is -1.08. The zero-order valence-corrected chi connectivity index (χ0v) is 20.0. The summed E-state index contributed by atoms with van der Waals surface area (Å²) in [5, 5.41) is 4.97. The van der Waals surface area contributed by atoms with Crippen molar-refractivity contribution in [1.82, 2.24) is 14.9 Å². The number of hydrogen-bond donors (Lipinski definition) is 2. The van der Waals surface area contributed by atoms with Crippen molar-refractivity contribution < 1.29 is 26.7 Å². The van der Waals surface area contributed by atoms with Gasteiger partial charge in [-0.25, -0.2) is 13.8 Å². The highest BCUT2D eigenvalue weighted by atomic mass is 19.4. The van der Waals surface area contributed by atoms with E-state index in [4.69, 9.17) is 0 Å². The minimum Gasteiger partial charge on any atom is -0.361 e. The molecule has 11 heteroatoms. The maximum atomic E-state index is 14.8. The number of benzene rings is 1. The third-order valence-electron chi connectivity index (χ3n) is 7.90. The Hall–Kier alpha value is -3.76. The van der Waals surface area contributed by atoms with E-state index in [2.05, 4.69) is 15.6 Å². The Bertz CT molecular complexity index is 1560. The van der Waals surface area contributed by atoms with Gasteiger partial charge < -0.3 is 10.6 Å². The van der Waals surface area contributed by atoms with Gasteiger partial charge in [0.25, 0.3) is 5.91 Å². The third-order valence-corrected chi connectivity index (χ3v) is 7.90. The summed E-state index contributed by atoms with van der Waals surface area (Å²) < 4.78 is 67.7. The highest BCUT2D eigenvalue weighted by molar-refractivity contribution is 5.98. The second-order valence-corrected chi connectivity index (χ2v) is 10.3. The zero-order chi connectivity index (χ0) is 26.8. The van der Waals surface area contributed by atoms with Gasteiger partial charge in [-0.15, -0.1) is 0 Å². The maximum Gasteiger partial charge on any atom is 0.405 e. The molecule has 1 aromatic carbocycles. The monoisotopic (exact) mass is 530 g/mol. The van der Waals surface area contributed by atoms with Crippen LogP contribution in [0.25, 0.3) is 16.7 Å². The van der Waals surface area contributed by atoms with Crippen LogP contribution >= 0.6 is 0 Å². The van der Waals surface area contributed by atoms with Crippen LogP contribution in [0.5, 0.6) is 0 Å².